The van der Waals surface area contributed by atoms with Gasteiger partial charge in [0.1, 0.15) is 5.69 Å². The Hall–Kier alpha value is -2.72. The first kappa shape index (κ1) is 22.0. The van der Waals surface area contributed by atoms with E-state index in [0.29, 0.717) is 35.6 Å². The summed E-state index contributed by atoms with van der Waals surface area (Å²) < 4.78 is 5.53. The summed E-state index contributed by atoms with van der Waals surface area (Å²) in [4.78, 5) is 24.5. The standard InChI is InChI=1S/C23H31N5O2/c1-4-16(5-2)15-30-23(29)18(13-24)21-22(28-12-11-25-17(6-3)14-28)27-20-10-8-7-9-19(20)26-21/h7-10,16-18,25H,4-6,11-12,14-15H2,1-3H3. The molecule has 0 amide bonds. The lowest BCUT2D eigenvalue weighted by Gasteiger charge is -2.35. The van der Waals surface area contributed by atoms with E-state index >= 15 is 0 Å². The molecule has 30 heavy (non-hydrogen) atoms. The van der Waals surface area contributed by atoms with E-state index in [4.69, 9.17) is 14.7 Å². The minimum atomic E-state index is -1.10. The van der Waals surface area contributed by atoms with E-state index in [9.17, 15) is 10.1 Å². The number of nitrogens with one attached hydrogen (secondary N) is 1. The molecule has 0 aliphatic carbocycles. The van der Waals surface area contributed by atoms with Gasteiger partial charge in [-0.2, -0.15) is 5.26 Å². The van der Waals surface area contributed by atoms with Crippen LogP contribution in [0.2, 0.25) is 0 Å². The van der Waals surface area contributed by atoms with E-state index in [0.717, 1.165) is 44.4 Å². The van der Waals surface area contributed by atoms with Crippen molar-refractivity contribution in [1.29, 1.82) is 5.26 Å². The molecule has 1 saturated heterocycles. The SMILES string of the molecule is CCC(CC)COC(=O)C(C#N)c1nc2ccccc2nc1N1CCNC(CC)C1. The number of para-hydroxylation sites is 2. The number of hydrogen-bond acceptors (Lipinski definition) is 7. The lowest BCUT2D eigenvalue weighted by atomic mass is 10.0. The van der Waals surface area contributed by atoms with Gasteiger partial charge in [-0.3, -0.25) is 4.79 Å². The molecule has 2 aromatic rings. The summed E-state index contributed by atoms with van der Waals surface area (Å²) in [6.45, 7) is 8.95. The predicted octanol–water partition coefficient (Wildman–Crippen LogP) is 3.40. The van der Waals surface area contributed by atoms with E-state index in [1.54, 1.807) is 0 Å². The zero-order valence-electron chi connectivity index (χ0n) is 18.1. The average molecular weight is 410 g/mol. The molecule has 1 aromatic carbocycles. The number of ether oxygens (including phenoxy) is 1. The first-order valence-electron chi connectivity index (χ1n) is 10.9. The van der Waals surface area contributed by atoms with E-state index in [1.165, 1.54) is 0 Å². The first-order valence-corrected chi connectivity index (χ1v) is 10.9. The number of hydrogen-bond donors (Lipinski definition) is 1. The molecule has 2 unspecified atom stereocenters. The molecule has 1 aromatic heterocycles. The number of anilines is 1. The number of carbonyl (C=O) groups excluding carboxylic acids is 1. The van der Waals surface area contributed by atoms with Crippen molar-refractivity contribution < 1.29 is 9.53 Å². The summed E-state index contributed by atoms with van der Waals surface area (Å²) in [5.74, 6) is -0.729. The molecule has 2 heterocycles. The molecule has 0 saturated carbocycles. The van der Waals surface area contributed by atoms with E-state index in [2.05, 4.69) is 37.1 Å². The normalized spacial score (nSPS) is 17.7. The summed E-state index contributed by atoms with van der Waals surface area (Å²) in [7, 11) is 0. The Morgan fingerprint density at radius 3 is 2.60 bits per heavy atom. The maximum Gasteiger partial charge on any atom is 0.329 e. The third kappa shape index (κ3) is 4.88. The Morgan fingerprint density at radius 2 is 1.97 bits per heavy atom. The first-order chi connectivity index (χ1) is 14.6. The number of rotatable bonds is 8. The number of nitrogens with zero attached hydrogens (tertiary/aromatic N) is 4. The van der Waals surface area contributed by atoms with Gasteiger partial charge in [-0.25, -0.2) is 9.97 Å². The summed E-state index contributed by atoms with van der Waals surface area (Å²) >= 11 is 0. The topological polar surface area (TPSA) is 91.1 Å². The van der Waals surface area contributed by atoms with Crippen LogP contribution >= 0.6 is 0 Å². The van der Waals surface area contributed by atoms with Crippen molar-refractivity contribution >= 4 is 22.8 Å². The average Bonchev–Trinajstić information content (AvgIpc) is 2.79. The molecule has 160 valence electrons. The fraction of sp³-hybridized carbons (Fsp3) is 0.565. The predicted molar refractivity (Wildman–Crippen MR) is 117 cm³/mol. The summed E-state index contributed by atoms with van der Waals surface area (Å²) in [6.07, 6.45) is 2.86. The summed E-state index contributed by atoms with van der Waals surface area (Å²) in [6, 6.07) is 10.0. The van der Waals surface area contributed by atoms with Crippen LogP contribution in [0.3, 0.4) is 0 Å². The van der Waals surface area contributed by atoms with Crippen LogP contribution in [0.15, 0.2) is 24.3 Å². The van der Waals surface area contributed by atoms with Crippen molar-refractivity contribution in [1.82, 2.24) is 15.3 Å². The second-order valence-electron chi connectivity index (χ2n) is 7.80. The Labute approximate surface area is 178 Å². The van der Waals surface area contributed by atoms with Gasteiger partial charge in [0.15, 0.2) is 11.7 Å². The second-order valence-corrected chi connectivity index (χ2v) is 7.80. The van der Waals surface area contributed by atoms with Crippen molar-refractivity contribution in [2.75, 3.05) is 31.1 Å². The molecule has 0 radical (unpaired) electrons. The van der Waals surface area contributed by atoms with E-state index in [-0.39, 0.29) is 0 Å². The van der Waals surface area contributed by atoms with Crippen molar-refractivity contribution in [3.63, 3.8) is 0 Å². The fourth-order valence-corrected chi connectivity index (χ4v) is 3.76. The van der Waals surface area contributed by atoms with Crippen LogP contribution in [0, 0.1) is 17.2 Å². The number of carbonyl (C=O) groups is 1. The minimum Gasteiger partial charge on any atom is -0.464 e. The maximum atomic E-state index is 12.9. The number of benzene rings is 1. The van der Waals surface area contributed by atoms with E-state index < -0.39 is 11.9 Å². The molecule has 3 rings (SSSR count). The highest BCUT2D eigenvalue weighted by Crippen LogP contribution is 2.29. The zero-order chi connectivity index (χ0) is 21.5. The number of nitriles is 1. The van der Waals surface area contributed by atoms with Gasteiger partial charge in [0, 0.05) is 25.7 Å². The lowest BCUT2D eigenvalue weighted by Crippen LogP contribution is -2.51. The number of esters is 1. The van der Waals surface area contributed by atoms with Crippen molar-refractivity contribution in [3.05, 3.63) is 30.0 Å². The van der Waals surface area contributed by atoms with Crippen LogP contribution in [-0.2, 0) is 9.53 Å². The molecule has 0 spiro atoms. The van der Waals surface area contributed by atoms with Gasteiger partial charge in [0.05, 0.1) is 23.7 Å². The van der Waals surface area contributed by atoms with Crippen molar-refractivity contribution in [3.8, 4) is 6.07 Å². The Bertz CT molecular complexity index is 906. The molecule has 1 fully saturated rings. The van der Waals surface area contributed by atoms with Crippen LogP contribution in [0.1, 0.15) is 51.6 Å². The Kier molecular flexibility index (Phi) is 7.58. The number of aromatic nitrogens is 2. The van der Waals surface area contributed by atoms with Gasteiger partial charge >= 0.3 is 5.97 Å². The maximum absolute atomic E-state index is 12.9. The summed E-state index contributed by atoms with van der Waals surface area (Å²) in [5.41, 5.74) is 1.82. The minimum absolute atomic E-state index is 0.300. The Morgan fingerprint density at radius 1 is 1.27 bits per heavy atom. The molecule has 1 aliphatic heterocycles. The highest BCUT2D eigenvalue weighted by molar-refractivity contribution is 5.85. The smallest absolute Gasteiger partial charge is 0.329 e. The molecular weight excluding hydrogens is 378 g/mol. The summed E-state index contributed by atoms with van der Waals surface area (Å²) in [5, 5.41) is 13.4. The molecule has 0 bridgehead atoms. The van der Waals surface area contributed by atoms with Crippen LogP contribution in [0.4, 0.5) is 5.82 Å². The highest BCUT2D eigenvalue weighted by Gasteiger charge is 2.31. The van der Waals surface area contributed by atoms with Crippen molar-refractivity contribution in [2.24, 2.45) is 5.92 Å². The van der Waals surface area contributed by atoms with Gasteiger partial charge in [-0.05, 0) is 24.5 Å². The number of piperazine rings is 1. The van der Waals surface area contributed by atoms with Gasteiger partial charge in [0.25, 0.3) is 0 Å². The monoisotopic (exact) mass is 409 g/mol. The lowest BCUT2D eigenvalue weighted by molar-refractivity contribution is -0.145. The van der Waals surface area contributed by atoms with Crippen LogP contribution < -0.4 is 10.2 Å². The van der Waals surface area contributed by atoms with Gasteiger partial charge in [-0.1, -0.05) is 45.7 Å². The quantitative estimate of drug-likeness (QED) is 0.668. The molecular formula is C23H31N5O2. The fourth-order valence-electron chi connectivity index (χ4n) is 3.76. The third-order valence-electron chi connectivity index (χ3n) is 5.88. The number of fused-ring (bicyclic) bond motifs is 1. The molecule has 7 heteroatoms. The zero-order valence-corrected chi connectivity index (χ0v) is 18.1. The largest absolute Gasteiger partial charge is 0.464 e. The second kappa shape index (κ2) is 10.4. The molecule has 7 nitrogen and oxygen atoms in total. The molecule has 2 atom stereocenters. The molecule has 1 N–H and O–H groups in total. The molecule has 1 aliphatic rings. The van der Waals surface area contributed by atoms with Crippen molar-refractivity contribution in [2.45, 2.75) is 52.0 Å². The Balaban J connectivity index is 1.97. The van der Waals surface area contributed by atoms with Gasteiger partial charge in [0.2, 0.25) is 0 Å². The van der Waals surface area contributed by atoms with Gasteiger partial charge in [-0.15, -0.1) is 0 Å². The highest BCUT2D eigenvalue weighted by atomic mass is 16.5. The van der Waals surface area contributed by atoms with Gasteiger partial charge < -0.3 is 15.0 Å². The van der Waals surface area contributed by atoms with Crippen LogP contribution in [-0.4, -0.2) is 48.2 Å². The third-order valence-corrected chi connectivity index (χ3v) is 5.88. The van der Waals surface area contributed by atoms with E-state index in [1.807, 2.05) is 24.3 Å². The van der Waals surface area contributed by atoms with Crippen LogP contribution in [0.5, 0.6) is 0 Å². The van der Waals surface area contributed by atoms with Crippen LogP contribution in [0.25, 0.3) is 11.0 Å².